The van der Waals surface area contributed by atoms with E-state index in [2.05, 4.69) is 5.32 Å². The molecule has 1 N–H and O–H groups in total. The molecule has 41 heavy (non-hydrogen) atoms. The fraction of sp³-hybridized carbons (Fsp3) is 0.0938. The second kappa shape index (κ2) is 12.6. The Kier molecular flexibility index (Phi) is 8.78. The average Bonchev–Trinajstić information content (AvgIpc) is 3.25. The first-order chi connectivity index (χ1) is 19.7. The maximum Gasteiger partial charge on any atom is 0.271 e. The number of ether oxygens (including phenoxy) is 1. The third-order valence-electron chi connectivity index (χ3n) is 6.10. The van der Waals surface area contributed by atoms with Gasteiger partial charge in [-0.05, 0) is 98.4 Å². The van der Waals surface area contributed by atoms with Crippen molar-refractivity contribution in [3.8, 4) is 5.75 Å². The third-order valence-corrected chi connectivity index (χ3v) is 7.56. The molecule has 1 aliphatic rings. The Labute approximate surface area is 252 Å². The van der Waals surface area contributed by atoms with E-state index in [4.69, 9.17) is 32.9 Å². The number of thioether (sulfide) groups is 1. The number of nitrogens with zero attached hydrogens (tertiary/aromatic N) is 2. The topological polar surface area (TPSA) is 71.0 Å². The van der Waals surface area contributed by atoms with E-state index in [1.54, 1.807) is 53.4 Å². The molecule has 0 aliphatic carbocycles. The zero-order valence-electron chi connectivity index (χ0n) is 22.2. The number of carbonyl (C=O) groups excluding carboxylic acids is 2. The third kappa shape index (κ3) is 7.19. The Morgan fingerprint density at radius 3 is 2.22 bits per heavy atom. The first-order valence-electron chi connectivity index (χ1n) is 12.7. The lowest BCUT2D eigenvalue weighted by molar-refractivity contribution is -0.118. The van der Waals surface area contributed by atoms with Gasteiger partial charge in [-0.2, -0.15) is 0 Å². The predicted molar refractivity (Wildman–Crippen MR) is 170 cm³/mol. The molecule has 4 aromatic rings. The van der Waals surface area contributed by atoms with Crippen LogP contribution in [0.3, 0.4) is 0 Å². The first kappa shape index (κ1) is 28.5. The summed E-state index contributed by atoms with van der Waals surface area (Å²) >= 11 is 13.5. The first-order valence-corrected chi connectivity index (χ1v) is 14.3. The fourth-order valence-electron chi connectivity index (χ4n) is 3.98. The second-order valence-electron chi connectivity index (χ2n) is 9.34. The van der Waals surface area contributed by atoms with Gasteiger partial charge in [0.15, 0.2) is 11.8 Å². The number of anilines is 2. The van der Waals surface area contributed by atoms with Crippen molar-refractivity contribution in [2.24, 2.45) is 4.99 Å². The molecule has 0 radical (unpaired) electrons. The Morgan fingerprint density at radius 2 is 1.54 bits per heavy atom. The molecule has 0 aromatic heterocycles. The number of aliphatic imine (C=N–C) groups is 1. The van der Waals surface area contributed by atoms with Crippen LogP contribution < -0.4 is 15.0 Å². The second-order valence-corrected chi connectivity index (χ2v) is 11.2. The highest BCUT2D eigenvalue weighted by atomic mass is 35.5. The molecule has 206 valence electrons. The summed E-state index contributed by atoms with van der Waals surface area (Å²) in [6, 6.07) is 27.3. The van der Waals surface area contributed by atoms with Crippen LogP contribution in [0.5, 0.6) is 5.75 Å². The van der Waals surface area contributed by atoms with Crippen molar-refractivity contribution < 1.29 is 14.3 Å². The van der Waals surface area contributed by atoms with Gasteiger partial charge in [0, 0.05) is 21.3 Å². The standard InChI is InChI=1S/C32H25Cl2N3O3S/c1-20-3-10-26(11-4-20)36-32-37(27-14-5-21(2)6-15-27)31(39)29(41-32)18-22-17-24(34)9-16-28(22)40-19-30(38)35-25-12-7-23(33)8-13-25/h3-18H,19H2,1-2H3,(H,35,38)/b29-18-,36-32?. The van der Waals surface area contributed by atoms with E-state index >= 15 is 0 Å². The van der Waals surface area contributed by atoms with Crippen LogP contribution in [0, 0.1) is 13.8 Å². The minimum atomic E-state index is -0.342. The quantitative estimate of drug-likeness (QED) is 0.216. The number of halogens is 2. The molecule has 4 aromatic carbocycles. The highest BCUT2D eigenvalue weighted by Crippen LogP contribution is 2.39. The molecular formula is C32H25Cl2N3O3S. The van der Waals surface area contributed by atoms with Crippen LogP contribution in [-0.4, -0.2) is 23.6 Å². The van der Waals surface area contributed by atoms with Gasteiger partial charge in [0.2, 0.25) is 0 Å². The van der Waals surface area contributed by atoms with Gasteiger partial charge in [0.05, 0.1) is 16.3 Å². The van der Waals surface area contributed by atoms with Gasteiger partial charge in [0.25, 0.3) is 11.8 Å². The molecule has 0 atom stereocenters. The molecule has 0 unspecified atom stereocenters. The summed E-state index contributed by atoms with van der Waals surface area (Å²) in [7, 11) is 0. The van der Waals surface area contributed by atoms with Crippen molar-refractivity contribution in [3.05, 3.63) is 123 Å². The van der Waals surface area contributed by atoms with Gasteiger partial charge in [0.1, 0.15) is 5.75 Å². The molecule has 1 aliphatic heterocycles. The average molecular weight is 603 g/mol. The number of aryl methyl sites for hydroxylation is 2. The number of hydrogen-bond donors (Lipinski definition) is 1. The maximum absolute atomic E-state index is 13.7. The normalized spacial score (nSPS) is 15.0. The number of hydrogen-bond acceptors (Lipinski definition) is 5. The van der Waals surface area contributed by atoms with Crippen LogP contribution in [0.15, 0.2) is 101 Å². The van der Waals surface area contributed by atoms with E-state index in [1.165, 1.54) is 11.8 Å². The Hall–Kier alpha value is -4.04. The molecule has 1 saturated heterocycles. The van der Waals surface area contributed by atoms with Gasteiger partial charge >= 0.3 is 0 Å². The van der Waals surface area contributed by atoms with E-state index in [9.17, 15) is 9.59 Å². The van der Waals surface area contributed by atoms with Gasteiger partial charge in [-0.15, -0.1) is 0 Å². The van der Waals surface area contributed by atoms with Crippen molar-refractivity contribution in [2.75, 3.05) is 16.8 Å². The highest BCUT2D eigenvalue weighted by molar-refractivity contribution is 8.19. The van der Waals surface area contributed by atoms with Crippen LogP contribution >= 0.6 is 35.0 Å². The molecular weight excluding hydrogens is 577 g/mol. The number of nitrogens with one attached hydrogen (secondary N) is 1. The van der Waals surface area contributed by atoms with Crippen LogP contribution in [0.4, 0.5) is 17.1 Å². The summed E-state index contributed by atoms with van der Waals surface area (Å²) < 4.78 is 5.85. The Morgan fingerprint density at radius 1 is 0.902 bits per heavy atom. The minimum Gasteiger partial charge on any atom is -0.483 e. The lowest BCUT2D eigenvalue weighted by Gasteiger charge is -2.16. The zero-order chi connectivity index (χ0) is 28.9. The summed E-state index contributed by atoms with van der Waals surface area (Å²) in [6.45, 7) is 3.76. The fourth-order valence-corrected chi connectivity index (χ4v) is 5.28. The molecule has 1 fully saturated rings. The summed E-state index contributed by atoms with van der Waals surface area (Å²) in [4.78, 5) is 33.1. The molecule has 6 nitrogen and oxygen atoms in total. The maximum atomic E-state index is 13.7. The highest BCUT2D eigenvalue weighted by Gasteiger charge is 2.35. The monoisotopic (exact) mass is 601 g/mol. The van der Waals surface area contributed by atoms with Crippen LogP contribution in [0.1, 0.15) is 16.7 Å². The molecule has 9 heteroatoms. The number of amides is 2. The van der Waals surface area contributed by atoms with E-state index in [1.807, 2.05) is 62.4 Å². The number of amidine groups is 1. The van der Waals surface area contributed by atoms with Crippen LogP contribution in [0.25, 0.3) is 6.08 Å². The van der Waals surface area contributed by atoms with Gasteiger partial charge in [-0.1, -0.05) is 58.6 Å². The molecule has 0 saturated carbocycles. The molecule has 2 amide bonds. The predicted octanol–water partition coefficient (Wildman–Crippen LogP) is 8.44. The van der Waals surface area contributed by atoms with Crippen LogP contribution in [0.2, 0.25) is 10.0 Å². The van der Waals surface area contributed by atoms with E-state index in [-0.39, 0.29) is 18.4 Å². The zero-order valence-corrected chi connectivity index (χ0v) is 24.6. The lowest BCUT2D eigenvalue weighted by atomic mass is 10.1. The van der Waals surface area contributed by atoms with Gasteiger partial charge in [-0.3, -0.25) is 14.5 Å². The van der Waals surface area contributed by atoms with Crippen LogP contribution in [-0.2, 0) is 9.59 Å². The summed E-state index contributed by atoms with van der Waals surface area (Å²) in [5, 5.41) is 4.34. The number of benzene rings is 4. The largest absolute Gasteiger partial charge is 0.483 e. The van der Waals surface area contributed by atoms with Crippen molar-refractivity contribution in [1.82, 2.24) is 0 Å². The van der Waals surface area contributed by atoms with Crippen molar-refractivity contribution in [2.45, 2.75) is 13.8 Å². The Bertz CT molecular complexity index is 1650. The van der Waals surface area contributed by atoms with Crippen molar-refractivity contribution in [3.63, 3.8) is 0 Å². The van der Waals surface area contributed by atoms with E-state index in [0.717, 1.165) is 16.8 Å². The molecule has 5 rings (SSSR count). The van der Waals surface area contributed by atoms with Gasteiger partial charge in [-0.25, -0.2) is 4.99 Å². The van der Waals surface area contributed by atoms with E-state index in [0.29, 0.717) is 42.8 Å². The minimum absolute atomic E-state index is 0.226. The van der Waals surface area contributed by atoms with Crippen molar-refractivity contribution in [1.29, 1.82) is 0 Å². The SMILES string of the molecule is Cc1ccc(N=C2S/C(=C\c3cc(Cl)ccc3OCC(=O)Nc3ccc(Cl)cc3)C(=O)N2c2ccc(C)cc2)cc1. The summed E-state index contributed by atoms with van der Waals surface area (Å²) in [5.41, 5.74) is 4.82. The smallest absolute Gasteiger partial charge is 0.271 e. The van der Waals surface area contributed by atoms with Gasteiger partial charge < -0.3 is 10.1 Å². The number of carbonyl (C=O) groups is 2. The van der Waals surface area contributed by atoms with E-state index < -0.39 is 0 Å². The lowest BCUT2D eigenvalue weighted by Crippen LogP contribution is -2.28. The molecule has 0 spiro atoms. The Balaban J connectivity index is 1.42. The summed E-state index contributed by atoms with van der Waals surface area (Å²) in [5.74, 6) is -0.159. The van der Waals surface area contributed by atoms with Crippen molar-refractivity contribution >= 4 is 75.1 Å². The number of rotatable bonds is 7. The molecule has 1 heterocycles. The summed E-state index contributed by atoms with van der Waals surface area (Å²) in [6.07, 6.45) is 1.71. The molecule has 0 bridgehead atoms.